The minimum atomic E-state index is -0.942. The first-order chi connectivity index (χ1) is 13.7. The summed E-state index contributed by atoms with van der Waals surface area (Å²) < 4.78 is 7.07. The summed E-state index contributed by atoms with van der Waals surface area (Å²) in [5.74, 6) is 0.913. The molecule has 0 bridgehead atoms. The summed E-state index contributed by atoms with van der Waals surface area (Å²) in [6.45, 7) is 5.57. The van der Waals surface area contributed by atoms with Crippen LogP contribution in [0.3, 0.4) is 0 Å². The summed E-state index contributed by atoms with van der Waals surface area (Å²) in [7, 11) is 3.61. The Bertz CT molecular complexity index is 994. The molecule has 0 aliphatic carbocycles. The van der Waals surface area contributed by atoms with Crippen LogP contribution in [0.15, 0.2) is 34.4 Å². The molecule has 1 N–H and O–H groups in total. The first-order valence-corrected chi connectivity index (χ1v) is 9.61. The summed E-state index contributed by atoms with van der Waals surface area (Å²) in [4.78, 5) is 23.0. The third-order valence-electron chi connectivity index (χ3n) is 4.44. The zero-order chi connectivity index (χ0) is 21.3. The zero-order valence-electron chi connectivity index (χ0n) is 17.0. The Hall–Kier alpha value is -2.71. The summed E-state index contributed by atoms with van der Waals surface area (Å²) >= 11 is 6.22. The van der Waals surface area contributed by atoms with E-state index in [-0.39, 0.29) is 23.9 Å². The molecule has 1 atom stereocenters. The van der Waals surface area contributed by atoms with Gasteiger partial charge in [-0.2, -0.15) is 10.1 Å². The van der Waals surface area contributed by atoms with Crippen molar-refractivity contribution < 1.29 is 14.6 Å². The smallest absolute Gasteiger partial charge is 0.284 e. The molecule has 1 aliphatic rings. The predicted octanol–water partition coefficient (Wildman–Crippen LogP) is 3.46. The second-order valence-corrected chi connectivity index (χ2v) is 7.65. The molecule has 3 rings (SSSR count). The summed E-state index contributed by atoms with van der Waals surface area (Å²) in [6.07, 6.45) is 0.646. The molecule has 1 aromatic carbocycles. The Morgan fingerprint density at radius 3 is 2.79 bits per heavy atom. The van der Waals surface area contributed by atoms with Crippen molar-refractivity contribution in [3.63, 3.8) is 0 Å². The van der Waals surface area contributed by atoms with Gasteiger partial charge in [-0.3, -0.25) is 4.79 Å². The molecule has 29 heavy (non-hydrogen) atoms. The summed E-state index contributed by atoms with van der Waals surface area (Å²) in [5, 5.41) is 15.1. The van der Waals surface area contributed by atoms with Crippen LogP contribution in [0, 0.1) is 0 Å². The van der Waals surface area contributed by atoms with Gasteiger partial charge in [0.25, 0.3) is 5.91 Å². The van der Waals surface area contributed by atoms with Crippen LogP contribution < -0.4 is 4.74 Å². The van der Waals surface area contributed by atoms with Crippen LogP contribution in [0.25, 0.3) is 0 Å². The Morgan fingerprint density at radius 1 is 1.41 bits per heavy atom. The number of carbonyl (C=O) groups is 1. The van der Waals surface area contributed by atoms with E-state index in [9.17, 15) is 9.90 Å². The number of aliphatic hydroxyl groups excluding tert-OH is 1. The minimum Gasteiger partial charge on any atom is -0.489 e. The van der Waals surface area contributed by atoms with Gasteiger partial charge in [0, 0.05) is 20.5 Å². The van der Waals surface area contributed by atoms with Crippen LogP contribution in [0.5, 0.6) is 5.75 Å². The number of ether oxygens (including phenoxy) is 1. The first-order valence-electron chi connectivity index (χ1n) is 9.24. The van der Waals surface area contributed by atoms with E-state index < -0.39 is 12.1 Å². The normalized spacial score (nSPS) is 16.5. The van der Waals surface area contributed by atoms with E-state index in [4.69, 9.17) is 16.3 Å². The van der Waals surface area contributed by atoms with Gasteiger partial charge in [0.05, 0.1) is 23.0 Å². The maximum atomic E-state index is 12.6. The number of aliphatic imine (C=N–C) groups is 2. The van der Waals surface area contributed by atoms with E-state index in [2.05, 4.69) is 15.1 Å². The van der Waals surface area contributed by atoms with Crippen LogP contribution in [0.1, 0.15) is 49.3 Å². The van der Waals surface area contributed by atoms with Crippen molar-refractivity contribution in [3.05, 3.63) is 40.5 Å². The van der Waals surface area contributed by atoms with Gasteiger partial charge < -0.3 is 14.7 Å². The van der Waals surface area contributed by atoms with Gasteiger partial charge >= 0.3 is 0 Å². The van der Waals surface area contributed by atoms with Crippen LogP contribution in [0.2, 0.25) is 5.02 Å². The summed E-state index contributed by atoms with van der Waals surface area (Å²) in [5.41, 5.74) is 1.59. The molecule has 8 nitrogen and oxygen atoms in total. The van der Waals surface area contributed by atoms with E-state index >= 15 is 0 Å². The van der Waals surface area contributed by atoms with E-state index in [0.717, 1.165) is 5.56 Å². The SMILES string of the molecule is CC(=NC(=O)c1cnn2c1N=C(c1ccc(Cl)c(OC(C)C)c1)CC2O)N(C)C. The molecule has 154 valence electrons. The fourth-order valence-corrected chi connectivity index (χ4v) is 2.95. The largest absolute Gasteiger partial charge is 0.489 e. The lowest BCUT2D eigenvalue weighted by Gasteiger charge is -2.21. The van der Waals surface area contributed by atoms with Crippen molar-refractivity contribution in [1.82, 2.24) is 14.7 Å². The van der Waals surface area contributed by atoms with Gasteiger partial charge in [-0.15, -0.1) is 0 Å². The van der Waals surface area contributed by atoms with E-state index in [0.29, 0.717) is 22.3 Å². The van der Waals surface area contributed by atoms with Gasteiger partial charge in [-0.05, 0) is 38.5 Å². The lowest BCUT2D eigenvalue weighted by molar-refractivity contribution is 0.0968. The number of hydrogen-bond acceptors (Lipinski definition) is 5. The van der Waals surface area contributed by atoms with Gasteiger partial charge in [0.15, 0.2) is 12.0 Å². The molecule has 0 saturated carbocycles. The van der Waals surface area contributed by atoms with Crippen LogP contribution in [-0.2, 0) is 0 Å². The minimum absolute atomic E-state index is 0.0370. The van der Waals surface area contributed by atoms with Crippen LogP contribution in [-0.4, -0.2) is 57.4 Å². The number of amidine groups is 1. The Balaban J connectivity index is 2.02. The van der Waals surface area contributed by atoms with Crippen molar-refractivity contribution >= 4 is 34.9 Å². The van der Waals surface area contributed by atoms with Crippen molar-refractivity contribution in [1.29, 1.82) is 0 Å². The molecule has 0 spiro atoms. The third kappa shape index (κ3) is 4.49. The van der Waals surface area contributed by atoms with Crippen LogP contribution >= 0.6 is 11.6 Å². The monoisotopic (exact) mass is 417 g/mol. The number of nitrogens with zero attached hydrogens (tertiary/aromatic N) is 5. The fraction of sp³-hybridized carbons (Fsp3) is 0.400. The Kier molecular flexibility index (Phi) is 6.04. The average molecular weight is 418 g/mol. The first kappa shape index (κ1) is 21.0. The predicted molar refractivity (Wildman–Crippen MR) is 113 cm³/mol. The number of amides is 1. The highest BCUT2D eigenvalue weighted by molar-refractivity contribution is 6.32. The Labute approximate surface area is 174 Å². The molecule has 2 heterocycles. The van der Waals surface area contributed by atoms with E-state index in [1.807, 2.05) is 19.9 Å². The molecule has 2 aromatic rings. The number of aliphatic hydroxyl groups is 1. The standard InChI is InChI=1S/C20H24ClN5O3/c1-11(2)29-17-8-13(6-7-15(17)21)16-9-18(27)26-19(24-16)14(10-22-26)20(28)23-12(3)25(4)5/h6-8,10-11,18,27H,9H2,1-5H3. The zero-order valence-corrected chi connectivity index (χ0v) is 17.8. The number of fused-ring (bicyclic) bond motifs is 1. The number of halogens is 1. The average Bonchev–Trinajstić information content (AvgIpc) is 3.07. The van der Waals surface area contributed by atoms with Gasteiger partial charge in [-0.1, -0.05) is 17.7 Å². The van der Waals surface area contributed by atoms with Gasteiger partial charge in [-0.25, -0.2) is 9.67 Å². The second kappa shape index (κ2) is 8.34. The highest BCUT2D eigenvalue weighted by Gasteiger charge is 2.27. The summed E-state index contributed by atoms with van der Waals surface area (Å²) in [6, 6.07) is 5.32. The lowest BCUT2D eigenvalue weighted by Crippen LogP contribution is -2.21. The molecule has 0 fully saturated rings. The third-order valence-corrected chi connectivity index (χ3v) is 4.75. The van der Waals surface area contributed by atoms with Gasteiger partial charge in [0.1, 0.15) is 17.1 Å². The molecule has 1 aromatic heterocycles. The van der Waals surface area contributed by atoms with Crippen molar-refractivity contribution in [3.8, 4) is 5.75 Å². The maximum absolute atomic E-state index is 12.6. The number of benzene rings is 1. The second-order valence-electron chi connectivity index (χ2n) is 7.24. The molecule has 1 unspecified atom stereocenters. The molecular formula is C20H24ClN5O3. The molecule has 1 amide bonds. The van der Waals surface area contributed by atoms with E-state index in [1.165, 1.54) is 10.9 Å². The topological polar surface area (TPSA) is 92.3 Å². The maximum Gasteiger partial charge on any atom is 0.284 e. The van der Waals surface area contributed by atoms with E-state index in [1.54, 1.807) is 38.1 Å². The molecule has 9 heteroatoms. The highest BCUT2D eigenvalue weighted by Crippen LogP contribution is 2.33. The van der Waals surface area contributed by atoms with Crippen molar-refractivity contribution in [2.75, 3.05) is 14.1 Å². The van der Waals surface area contributed by atoms with Crippen LogP contribution in [0.4, 0.5) is 5.82 Å². The van der Waals surface area contributed by atoms with Gasteiger partial charge in [0.2, 0.25) is 0 Å². The highest BCUT2D eigenvalue weighted by atomic mass is 35.5. The number of carbonyl (C=O) groups excluding carboxylic acids is 1. The quantitative estimate of drug-likeness (QED) is 0.607. The Morgan fingerprint density at radius 2 is 2.14 bits per heavy atom. The lowest BCUT2D eigenvalue weighted by atomic mass is 10.0. The number of rotatable bonds is 4. The molecule has 0 saturated heterocycles. The molecular weight excluding hydrogens is 394 g/mol. The molecule has 0 radical (unpaired) electrons. The number of aromatic nitrogens is 2. The van der Waals surface area contributed by atoms with Crippen molar-refractivity contribution in [2.45, 2.75) is 39.5 Å². The van der Waals surface area contributed by atoms with Crippen molar-refractivity contribution in [2.24, 2.45) is 9.98 Å². The number of hydrogen-bond donors (Lipinski definition) is 1. The molecule has 1 aliphatic heterocycles. The fourth-order valence-electron chi connectivity index (χ4n) is 2.79.